The molecule has 2 unspecified atom stereocenters. The number of alkyl halides is 3. The van der Waals surface area contributed by atoms with E-state index < -0.39 is 11.7 Å². The van der Waals surface area contributed by atoms with E-state index in [0.717, 1.165) is 23.9 Å². The van der Waals surface area contributed by atoms with Gasteiger partial charge >= 0.3 is 6.18 Å². The van der Waals surface area contributed by atoms with Crippen molar-refractivity contribution in [2.24, 2.45) is 0 Å². The van der Waals surface area contributed by atoms with Crippen molar-refractivity contribution in [3.05, 3.63) is 35.4 Å². The van der Waals surface area contributed by atoms with Crippen LogP contribution in [0, 0.1) is 0 Å². The molecule has 2 atom stereocenters. The van der Waals surface area contributed by atoms with Gasteiger partial charge in [0.1, 0.15) is 0 Å². The molecule has 1 fully saturated rings. The molecule has 1 nitrogen and oxygen atoms in total. The van der Waals surface area contributed by atoms with Crippen molar-refractivity contribution in [1.82, 2.24) is 5.32 Å². The lowest BCUT2D eigenvalue weighted by Crippen LogP contribution is -2.34. The average Bonchev–Trinajstić information content (AvgIpc) is 2.29. The van der Waals surface area contributed by atoms with E-state index in [2.05, 4.69) is 12.2 Å². The molecule has 0 aliphatic carbocycles. The van der Waals surface area contributed by atoms with Gasteiger partial charge in [-0.05, 0) is 17.7 Å². The fourth-order valence-corrected chi connectivity index (χ4v) is 2.88. The molecule has 0 radical (unpaired) electrons. The molecule has 0 amide bonds. The SMILES string of the molecule is CC1CNC(c2cccc(C(F)(F)F)c2)CS1. The number of halogens is 3. The number of benzene rings is 1. The van der Waals surface area contributed by atoms with Gasteiger partial charge in [-0.15, -0.1) is 0 Å². The predicted octanol–water partition coefficient (Wildman–Crippen LogP) is 3.47. The Labute approximate surface area is 103 Å². The predicted molar refractivity (Wildman–Crippen MR) is 64.1 cm³/mol. The van der Waals surface area contributed by atoms with E-state index in [1.165, 1.54) is 12.1 Å². The van der Waals surface area contributed by atoms with Gasteiger partial charge in [-0.1, -0.05) is 19.1 Å². The van der Waals surface area contributed by atoms with Crippen LogP contribution in [0.2, 0.25) is 0 Å². The van der Waals surface area contributed by atoms with Gasteiger partial charge in [0.25, 0.3) is 0 Å². The molecule has 0 aromatic heterocycles. The molecular formula is C12H14F3NS. The Kier molecular flexibility index (Phi) is 3.68. The van der Waals surface area contributed by atoms with Crippen LogP contribution in [0.4, 0.5) is 13.2 Å². The molecule has 0 saturated carbocycles. The Hall–Kier alpha value is -0.680. The zero-order valence-corrected chi connectivity index (χ0v) is 10.2. The smallest absolute Gasteiger partial charge is 0.308 e. The maximum Gasteiger partial charge on any atom is 0.416 e. The van der Waals surface area contributed by atoms with E-state index >= 15 is 0 Å². The normalized spacial score (nSPS) is 25.9. The van der Waals surface area contributed by atoms with Crippen molar-refractivity contribution in [2.45, 2.75) is 24.4 Å². The summed E-state index contributed by atoms with van der Waals surface area (Å²) >= 11 is 1.79. The van der Waals surface area contributed by atoms with Gasteiger partial charge in [0.15, 0.2) is 0 Å². The maximum atomic E-state index is 12.6. The van der Waals surface area contributed by atoms with Crippen molar-refractivity contribution in [2.75, 3.05) is 12.3 Å². The second kappa shape index (κ2) is 4.90. The van der Waals surface area contributed by atoms with E-state index in [4.69, 9.17) is 0 Å². The third kappa shape index (κ3) is 3.16. The van der Waals surface area contributed by atoms with Gasteiger partial charge < -0.3 is 5.32 Å². The Bertz CT molecular complexity index is 384. The molecule has 0 spiro atoms. The lowest BCUT2D eigenvalue weighted by atomic mass is 10.0. The molecule has 2 rings (SSSR count). The van der Waals surface area contributed by atoms with Gasteiger partial charge in [0.05, 0.1) is 5.56 Å². The Morgan fingerprint density at radius 3 is 2.71 bits per heavy atom. The van der Waals surface area contributed by atoms with E-state index in [-0.39, 0.29) is 6.04 Å². The number of hydrogen-bond acceptors (Lipinski definition) is 2. The molecule has 5 heteroatoms. The van der Waals surface area contributed by atoms with Crippen LogP contribution in [0.5, 0.6) is 0 Å². The molecule has 94 valence electrons. The first kappa shape index (κ1) is 12.8. The van der Waals surface area contributed by atoms with Crippen molar-refractivity contribution in [3.63, 3.8) is 0 Å². The highest BCUT2D eigenvalue weighted by Crippen LogP contribution is 2.32. The molecule has 0 bridgehead atoms. The van der Waals surface area contributed by atoms with Crippen LogP contribution >= 0.6 is 11.8 Å². The molecule has 1 heterocycles. The number of thioether (sulfide) groups is 1. The second-order valence-electron chi connectivity index (χ2n) is 4.23. The van der Waals surface area contributed by atoms with Crippen molar-refractivity contribution >= 4 is 11.8 Å². The zero-order valence-electron chi connectivity index (χ0n) is 9.42. The summed E-state index contributed by atoms with van der Waals surface area (Å²) in [6.07, 6.45) is -4.26. The van der Waals surface area contributed by atoms with Gasteiger partial charge in [-0.2, -0.15) is 24.9 Å². The first-order valence-electron chi connectivity index (χ1n) is 5.49. The Morgan fingerprint density at radius 1 is 1.35 bits per heavy atom. The Balaban J connectivity index is 2.16. The third-order valence-electron chi connectivity index (χ3n) is 2.82. The lowest BCUT2D eigenvalue weighted by Gasteiger charge is -2.28. The average molecular weight is 261 g/mol. The van der Waals surface area contributed by atoms with E-state index in [1.807, 2.05) is 0 Å². The van der Waals surface area contributed by atoms with Crippen LogP contribution in [-0.2, 0) is 6.18 Å². The summed E-state index contributed by atoms with van der Waals surface area (Å²) in [7, 11) is 0. The summed E-state index contributed by atoms with van der Waals surface area (Å²) in [5.41, 5.74) is 0.152. The van der Waals surface area contributed by atoms with Crippen LogP contribution in [0.15, 0.2) is 24.3 Å². The van der Waals surface area contributed by atoms with Crippen molar-refractivity contribution in [3.8, 4) is 0 Å². The number of rotatable bonds is 1. The van der Waals surface area contributed by atoms with Crippen LogP contribution in [0.3, 0.4) is 0 Å². The summed E-state index contributed by atoms with van der Waals surface area (Å²) in [4.78, 5) is 0. The first-order chi connectivity index (χ1) is 7.97. The molecule has 17 heavy (non-hydrogen) atoms. The minimum atomic E-state index is -4.26. The van der Waals surface area contributed by atoms with E-state index in [9.17, 15) is 13.2 Å². The fraction of sp³-hybridized carbons (Fsp3) is 0.500. The minimum absolute atomic E-state index is 0.0264. The van der Waals surface area contributed by atoms with Gasteiger partial charge in [-0.3, -0.25) is 0 Å². The standard InChI is InChI=1S/C12H14F3NS/c1-8-6-16-11(7-17-8)9-3-2-4-10(5-9)12(13,14)15/h2-5,8,11,16H,6-7H2,1H3. The first-order valence-corrected chi connectivity index (χ1v) is 6.54. The van der Waals surface area contributed by atoms with Gasteiger partial charge in [-0.25, -0.2) is 0 Å². The highest BCUT2D eigenvalue weighted by atomic mass is 32.2. The summed E-state index contributed by atoms with van der Waals surface area (Å²) in [5.74, 6) is 0.822. The van der Waals surface area contributed by atoms with E-state index in [0.29, 0.717) is 5.25 Å². The number of nitrogens with one attached hydrogen (secondary N) is 1. The van der Waals surface area contributed by atoms with Crippen molar-refractivity contribution in [1.29, 1.82) is 0 Å². The van der Waals surface area contributed by atoms with E-state index in [1.54, 1.807) is 17.8 Å². The summed E-state index contributed by atoms with van der Waals surface area (Å²) in [6.45, 7) is 2.95. The molecule has 1 aliphatic rings. The maximum absolute atomic E-state index is 12.6. The fourth-order valence-electron chi connectivity index (χ4n) is 1.83. The molecule has 1 aromatic carbocycles. The Morgan fingerprint density at radius 2 is 2.12 bits per heavy atom. The molecular weight excluding hydrogens is 247 g/mol. The van der Waals surface area contributed by atoms with Crippen LogP contribution in [-0.4, -0.2) is 17.5 Å². The second-order valence-corrected chi connectivity index (χ2v) is 5.70. The molecule has 1 aliphatic heterocycles. The van der Waals surface area contributed by atoms with Crippen LogP contribution < -0.4 is 5.32 Å². The largest absolute Gasteiger partial charge is 0.416 e. The van der Waals surface area contributed by atoms with Crippen LogP contribution in [0.1, 0.15) is 24.1 Å². The summed E-state index contributed by atoms with van der Waals surface area (Å²) < 4.78 is 37.7. The molecule has 1 N–H and O–H groups in total. The monoisotopic (exact) mass is 261 g/mol. The van der Waals surface area contributed by atoms with Crippen LogP contribution in [0.25, 0.3) is 0 Å². The molecule has 1 saturated heterocycles. The minimum Gasteiger partial charge on any atom is -0.308 e. The highest BCUT2D eigenvalue weighted by molar-refractivity contribution is 8.00. The lowest BCUT2D eigenvalue weighted by molar-refractivity contribution is -0.137. The van der Waals surface area contributed by atoms with Gasteiger partial charge in [0.2, 0.25) is 0 Å². The topological polar surface area (TPSA) is 12.0 Å². The summed E-state index contributed by atoms with van der Waals surface area (Å²) in [6, 6.07) is 5.61. The molecule has 1 aromatic rings. The third-order valence-corrected chi connectivity index (χ3v) is 4.08. The zero-order chi connectivity index (χ0) is 12.5. The van der Waals surface area contributed by atoms with Crippen molar-refractivity contribution < 1.29 is 13.2 Å². The quantitative estimate of drug-likeness (QED) is 0.830. The highest BCUT2D eigenvalue weighted by Gasteiger charge is 2.31. The number of hydrogen-bond donors (Lipinski definition) is 1. The van der Waals surface area contributed by atoms with Gasteiger partial charge in [0, 0.05) is 23.6 Å². The summed E-state index contributed by atoms with van der Waals surface area (Å²) in [5, 5.41) is 3.80.